The van der Waals surface area contributed by atoms with Gasteiger partial charge < -0.3 is 15.4 Å². The molecule has 0 amide bonds. The highest BCUT2D eigenvalue weighted by Crippen LogP contribution is 2.20. The number of nitrogens with two attached hydrogens (primary N) is 1. The molecule has 0 spiro atoms. The number of amidine groups is 1. The van der Waals surface area contributed by atoms with Gasteiger partial charge in [0, 0.05) is 18.8 Å². The van der Waals surface area contributed by atoms with E-state index in [1.54, 1.807) is 6.07 Å². The molecule has 1 aliphatic rings. The van der Waals surface area contributed by atoms with E-state index in [0.717, 1.165) is 18.8 Å². The molecule has 0 bridgehead atoms. The monoisotopic (exact) mass is 249 g/mol. The molecule has 2 heterocycles. The lowest BCUT2D eigenvalue weighted by Crippen LogP contribution is -2.49. The summed E-state index contributed by atoms with van der Waals surface area (Å²) in [4.78, 5) is 10.8. The van der Waals surface area contributed by atoms with Crippen LogP contribution in [0.25, 0.3) is 0 Å². The Hall–Kier alpha value is -1.69. The molecular weight excluding hydrogens is 230 g/mol. The van der Waals surface area contributed by atoms with Crippen molar-refractivity contribution in [3.63, 3.8) is 0 Å². The molecule has 0 radical (unpaired) electrons. The number of hydrogen-bond donors (Lipinski definition) is 2. The van der Waals surface area contributed by atoms with E-state index in [-0.39, 0.29) is 11.4 Å². The van der Waals surface area contributed by atoms with Crippen molar-refractivity contribution in [2.45, 2.75) is 26.4 Å². The zero-order valence-corrected chi connectivity index (χ0v) is 11.0. The van der Waals surface area contributed by atoms with Crippen LogP contribution in [0.15, 0.2) is 6.07 Å². The predicted octanol–water partition coefficient (Wildman–Crippen LogP) is 0.684. The average molecular weight is 249 g/mol. The molecule has 0 saturated carbocycles. The lowest BCUT2D eigenvalue weighted by Gasteiger charge is -2.38. The molecule has 0 aliphatic carbocycles. The quantitative estimate of drug-likeness (QED) is 0.594. The van der Waals surface area contributed by atoms with Crippen molar-refractivity contribution in [3.05, 3.63) is 17.5 Å². The minimum Gasteiger partial charge on any atom is -0.382 e. The van der Waals surface area contributed by atoms with E-state index in [0.29, 0.717) is 18.2 Å². The van der Waals surface area contributed by atoms with E-state index in [2.05, 4.69) is 14.9 Å². The lowest BCUT2D eigenvalue weighted by atomic mass is 10.1. The summed E-state index contributed by atoms with van der Waals surface area (Å²) < 4.78 is 5.66. The molecule has 6 heteroatoms. The second kappa shape index (κ2) is 4.53. The third-order valence-corrected chi connectivity index (χ3v) is 2.83. The summed E-state index contributed by atoms with van der Waals surface area (Å²) in [6, 6.07) is 1.72. The maximum Gasteiger partial charge on any atom is 0.226 e. The number of nitrogens with zero attached hydrogens (tertiary/aromatic N) is 3. The third kappa shape index (κ3) is 2.76. The van der Waals surface area contributed by atoms with Crippen LogP contribution in [0.2, 0.25) is 0 Å². The zero-order valence-electron chi connectivity index (χ0n) is 11.0. The minimum absolute atomic E-state index is 0.0331. The van der Waals surface area contributed by atoms with Crippen LogP contribution in [0, 0.1) is 12.3 Å². The van der Waals surface area contributed by atoms with Crippen LogP contribution < -0.4 is 10.6 Å². The van der Waals surface area contributed by atoms with Gasteiger partial charge in [0.15, 0.2) is 0 Å². The fraction of sp³-hybridized carbons (Fsp3) is 0.583. The Morgan fingerprint density at radius 1 is 1.50 bits per heavy atom. The first-order chi connectivity index (χ1) is 8.37. The molecular formula is C12H19N5O. The Kier molecular flexibility index (Phi) is 3.21. The molecule has 98 valence electrons. The van der Waals surface area contributed by atoms with Crippen molar-refractivity contribution in [1.29, 1.82) is 5.41 Å². The van der Waals surface area contributed by atoms with Gasteiger partial charge in [-0.25, -0.2) is 9.97 Å². The van der Waals surface area contributed by atoms with Crippen LogP contribution in [0.4, 0.5) is 5.95 Å². The van der Waals surface area contributed by atoms with Gasteiger partial charge in [-0.15, -0.1) is 0 Å². The van der Waals surface area contributed by atoms with E-state index in [1.165, 1.54) is 0 Å². The molecule has 1 aromatic rings. The largest absolute Gasteiger partial charge is 0.382 e. The fourth-order valence-corrected chi connectivity index (χ4v) is 2.02. The van der Waals surface area contributed by atoms with Crippen molar-refractivity contribution < 1.29 is 4.74 Å². The van der Waals surface area contributed by atoms with E-state index >= 15 is 0 Å². The van der Waals surface area contributed by atoms with Gasteiger partial charge in [0.2, 0.25) is 5.95 Å². The first-order valence-electron chi connectivity index (χ1n) is 5.96. The van der Waals surface area contributed by atoms with E-state index in [9.17, 15) is 0 Å². The van der Waals surface area contributed by atoms with Crippen LogP contribution in [-0.4, -0.2) is 41.1 Å². The summed E-state index contributed by atoms with van der Waals surface area (Å²) in [6.45, 7) is 8.10. The molecule has 6 nitrogen and oxygen atoms in total. The number of anilines is 1. The predicted molar refractivity (Wildman–Crippen MR) is 70.0 cm³/mol. The van der Waals surface area contributed by atoms with Crippen LogP contribution in [0.1, 0.15) is 25.2 Å². The SMILES string of the molecule is Cc1cc(C(=N)N)nc(N2CCOC(C)(C)C2)n1. The van der Waals surface area contributed by atoms with Crippen molar-refractivity contribution in [3.8, 4) is 0 Å². The first kappa shape index (κ1) is 12.8. The van der Waals surface area contributed by atoms with Gasteiger partial charge in [-0.3, -0.25) is 5.41 Å². The highest BCUT2D eigenvalue weighted by molar-refractivity contribution is 5.93. The molecule has 18 heavy (non-hydrogen) atoms. The molecule has 1 aromatic heterocycles. The second-order valence-electron chi connectivity index (χ2n) is 5.14. The van der Waals surface area contributed by atoms with E-state index < -0.39 is 0 Å². The molecule has 0 aromatic carbocycles. The van der Waals surface area contributed by atoms with Gasteiger partial charge in [0.1, 0.15) is 11.5 Å². The minimum atomic E-state index is -0.207. The van der Waals surface area contributed by atoms with Crippen LogP contribution >= 0.6 is 0 Å². The van der Waals surface area contributed by atoms with Gasteiger partial charge in [-0.2, -0.15) is 0 Å². The molecule has 1 saturated heterocycles. The Bertz CT molecular complexity index is 472. The molecule has 2 rings (SSSR count). The number of aryl methyl sites for hydroxylation is 1. The van der Waals surface area contributed by atoms with Crippen molar-refractivity contribution in [1.82, 2.24) is 9.97 Å². The summed E-state index contributed by atoms with van der Waals surface area (Å²) in [5.41, 5.74) is 6.57. The van der Waals surface area contributed by atoms with Crippen LogP contribution in [0.3, 0.4) is 0 Å². The standard InChI is InChI=1S/C12H19N5O/c1-8-6-9(10(13)14)16-11(15-8)17-4-5-18-12(2,3)7-17/h6H,4-5,7H2,1-3H3,(H3,13,14). The number of morpholine rings is 1. The normalized spacial score (nSPS) is 18.7. The molecule has 0 unspecified atom stereocenters. The average Bonchev–Trinajstić information content (AvgIpc) is 2.26. The highest BCUT2D eigenvalue weighted by Gasteiger charge is 2.28. The molecule has 1 fully saturated rings. The van der Waals surface area contributed by atoms with Crippen LogP contribution in [0.5, 0.6) is 0 Å². The summed E-state index contributed by atoms with van der Waals surface area (Å²) in [6.07, 6.45) is 0. The maximum atomic E-state index is 7.46. The van der Waals surface area contributed by atoms with Crippen molar-refractivity contribution in [2.24, 2.45) is 5.73 Å². The molecule has 0 atom stereocenters. The molecule has 1 aliphatic heterocycles. The number of aromatic nitrogens is 2. The number of nitrogen functional groups attached to an aromatic ring is 1. The number of rotatable bonds is 2. The smallest absolute Gasteiger partial charge is 0.226 e. The van der Waals surface area contributed by atoms with Gasteiger partial charge in [0.05, 0.1) is 12.2 Å². The highest BCUT2D eigenvalue weighted by atomic mass is 16.5. The van der Waals surface area contributed by atoms with E-state index in [4.69, 9.17) is 15.9 Å². The number of hydrogen-bond acceptors (Lipinski definition) is 5. The summed E-state index contributed by atoms with van der Waals surface area (Å²) >= 11 is 0. The van der Waals surface area contributed by atoms with Crippen LogP contribution in [-0.2, 0) is 4.74 Å². The maximum absolute atomic E-state index is 7.46. The number of ether oxygens (including phenoxy) is 1. The Balaban J connectivity index is 2.30. The first-order valence-corrected chi connectivity index (χ1v) is 5.96. The second-order valence-corrected chi connectivity index (χ2v) is 5.14. The van der Waals surface area contributed by atoms with Gasteiger partial charge in [-0.1, -0.05) is 0 Å². The lowest BCUT2D eigenvalue weighted by molar-refractivity contribution is -0.0281. The summed E-state index contributed by atoms with van der Waals surface area (Å²) in [5, 5.41) is 7.46. The summed E-state index contributed by atoms with van der Waals surface area (Å²) in [5.74, 6) is 0.589. The van der Waals surface area contributed by atoms with Gasteiger partial charge in [-0.05, 0) is 26.8 Å². The van der Waals surface area contributed by atoms with Crippen molar-refractivity contribution in [2.75, 3.05) is 24.6 Å². The van der Waals surface area contributed by atoms with Gasteiger partial charge >= 0.3 is 0 Å². The Morgan fingerprint density at radius 3 is 2.83 bits per heavy atom. The molecule has 3 N–H and O–H groups in total. The zero-order chi connectivity index (χ0) is 13.3. The number of nitrogens with one attached hydrogen (secondary N) is 1. The fourth-order valence-electron chi connectivity index (χ4n) is 2.02. The Labute approximate surface area is 107 Å². The summed E-state index contributed by atoms with van der Waals surface area (Å²) in [7, 11) is 0. The Morgan fingerprint density at radius 2 is 2.22 bits per heavy atom. The van der Waals surface area contributed by atoms with E-state index in [1.807, 2.05) is 20.8 Å². The topological polar surface area (TPSA) is 88.1 Å². The van der Waals surface area contributed by atoms with Crippen molar-refractivity contribution >= 4 is 11.8 Å². The van der Waals surface area contributed by atoms with Gasteiger partial charge in [0.25, 0.3) is 0 Å². The third-order valence-electron chi connectivity index (χ3n) is 2.83.